The molecule has 126 valence electrons. The van der Waals surface area contributed by atoms with Crippen LogP contribution in [0.2, 0.25) is 0 Å². The molecule has 0 saturated heterocycles. The molecular formula is C16H12N4O5. The SMILES string of the molecule is O=C(COc1ccc(-c2nnco2)cc1)Nc1ccc([N+](=O)[O-])cc1. The number of nitro groups is 1. The van der Waals surface area contributed by atoms with Crippen molar-refractivity contribution >= 4 is 17.3 Å². The zero-order valence-electron chi connectivity index (χ0n) is 12.8. The van der Waals surface area contributed by atoms with Gasteiger partial charge in [0.05, 0.1) is 4.92 Å². The van der Waals surface area contributed by atoms with Crippen LogP contribution < -0.4 is 10.1 Å². The molecule has 0 saturated carbocycles. The van der Waals surface area contributed by atoms with Gasteiger partial charge in [-0.05, 0) is 36.4 Å². The number of benzene rings is 2. The number of hydrogen-bond acceptors (Lipinski definition) is 7. The number of nitro benzene ring substituents is 1. The molecule has 9 heteroatoms. The Labute approximate surface area is 141 Å². The molecule has 0 aliphatic carbocycles. The van der Waals surface area contributed by atoms with Gasteiger partial charge in [-0.15, -0.1) is 10.2 Å². The van der Waals surface area contributed by atoms with E-state index in [9.17, 15) is 14.9 Å². The lowest BCUT2D eigenvalue weighted by molar-refractivity contribution is -0.384. The number of non-ortho nitro benzene ring substituents is 1. The largest absolute Gasteiger partial charge is 0.484 e. The van der Waals surface area contributed by atoms with E-state index in [1.54, 1.807) is 24.3 Å². The van der Waals surface area contributed by atoms with Crippen LogP contribution >= 0.6 is 0 Å². The molecule has 2 aromatic carbocycles. The zero-order valence-corrected chi connectivity index (χ0v) is 12.8. The lowest BCUT2D eigenvalue weighted by atomic mass is 10.2. The summed E-state index contributed by atoms with van der Waals surface area (Å²) < 4.78 is 10.5. The number of carbonyl (C=O) groups is 1. The van der Waals surface area contributed by atoms with E-state index in [2.05, 4.69) is 15.5 Å². The highest BCUT2D eigenvalue weighted by Crippen LogP contribution is 2.20. The van der Waals surface area contributed by atoms with Gasteiger partial charge in [0.1, 0.15) is 5.75 Å². The average Bonchev–Trinajstić information content (AvgIpc) is 3.15. The normalized spacial score (nSPS) is 10.2. The molecule has 9 nitrogen and oxygen atoms in total. The van der Waals surface area contributed by atoms with Gasteiger partial charge in [-0.3, -0.25) is 14.9 Å². The minimum Gasteiger partial charge on any atom is -0.484 e. The molecule has 1 aromatic heterocycles. The summed E-state index contributed by atoms with van der Waals surface area (Å²) >= 11 is 0. The Morgan fingerprint density at radius 1 is 1.16 bits per heavy atom. The minimum atomic E-state index is -0.507. The molecule has 3 rings (SSSR count). The van der Waals surface area contributed by atoms with Gasteiger partial charge in [-0.25, -0.2) is 0 Å². The molecule has 0 radical (unpaired) electrons. The molecule has 0 spiro atoms. The van der Waals surface area contributed by atoms with E-state index in [4.69, 9.17) is 9.15 Å². The van der Waals surface area contributed by atoms with E-state index in [1.807, 2.05) is 0 Å². The van der Waals surface area contributed by atoms with Crippen LogP contribution in [0.3, 0.4) is 0 Å². The van der Waals surface area contributed by atoms with Gasteiger partial charge in [0.25, 0.3) is 11.6 Å². The first-order valence-corrected chi connectivity index (χ1v) is 7.15. The summed E-state index contributed by atoms with van der Waals surface area (Å²) in [4.78, 5) is 21.9. The Morgan fingerprint density at radius 2 is 1.88 bits per heavy atom. The van der Waals surface area contributed by atoms with Crippen LogP contribution in [0.1, 0.15) is 0 Å². The molecule has 25 heavy (non-hydrogen) atoms. The van der Waals surface area contributed by atoms with Crippen molar-refractivity contribution in [3.8, 4) is 17.2 Å². The second-order valence-electron chi connectivity index (χ2n) is 4.91. The van der Waals surface area contributed by atoms with Gasteiger partial charge in [0.2, 0.25) is 12.3 Å². The van der Waals surface area contributed by atoms with E-state index in [0.29, 0.717) is 17.3 Å². The number of aromatic nitrogens is 2. The van der Waals surface area contributed by atoms with E-state index >= 15 is 0 Å². The second kappa shape index (κ2) is 7.21. The fourth-order valence-electron chi connectivity index (χ4n) is 2.01. The van der Waals surface area contributed by atoms with Crippen molar-refractivity contribution in [1.82, 2.24) is 10.2 Å². The third-order valence-corrected chi connectivity index (χ3v) is 3.19. The molecule has 0 aliphatic heterocycles. The van der Waals surface area contributed by atoms with Crippen LogP contribution in [-0.2, 0) is 4.79 Å². The molecule has 0 aliphatic rings. The van der Waals surface area contributed by atoms with Gasteiger partial charge in [-0.1, -0.05) is 0 Å². The number of carbonyl (C=O) groups excluding carboxylic acids is 1. The third kappa shape index (κ3) is 4.16. The Balaban J connectivity index is 1.52. The fourth-order valence-corrected chi connectivity index (χ4v) is 2.01. The summed E-state index contributed by atoms with van der Waals surface area (Å²) in [6.07, 6.45) is 1.24. The second-order valence-corrected chi connectivity index (χ2v) is 4.91. The molecule has 0 atom stereocenters. The van der Waals surface area contributed by atoms with Gasteiger partial charge in [-0.2, -0.15) is 0 Å². The Morgan fingerprint density at radius 3 is 2.48 bits per heavy atom. The maximum absolute atomic E-state index is 11.9. The molecule has 0 bridgehead atoms. The summed E-state index contributed by atoms with van der Waals surface area (Å²) in [5, 5.41) is 20.6. The van der Waals surface area contributed by atoms with Gasteiger partial charge in [0, 0.05) is 23.4 Å². The summed E-state index contributed by atoms with van der Waals surface area (Å²) in [6.45, 7) is -0.198. The molecule has 1 N–H and O–H groups in total. The molecule has 1 heterocycles. The Hall–Kier alpha value is -3.75. The smallest absolute Gasteiger partial charge is 0.269 e. The van der Waals surface area contributed by atoms with Crippen molar-refractivity contribution in [2.45, 2.75) is 0 Å². The first-order valence-electron chi connectivity index (χ1n) is 7.15. The summed E-state index contributed by atoms with van der Waals surface area (Å²) in [5.41, 5.74) is 1.14. The van der Waals surface area contributed by atoms with Crippen molar-refractivity contribution in [3.05, 3.63) is 65.0 Å². The maximum Gasteiger partial charge on any atom is 0.269 e. The van der Waals surface area contributed by atoms with Crippen LogP contribution in [0.15, 0.2) is 59.3 Å². The molecule has 1 amide bonds. The predicted octanol–water partition coefficient (Wildman–Crippen LogP) is 2.66. The first-order chi connectivity index (χ1) is 12.1. The number of nitrogens with one attached hydrogen (secondary N) is 1. The summed E-state index contributed by atoms with van der Waals surface area (Å²) in [6, 6.07) is 12.4. The highest BCUT2D eigenvalue weighted by molar-refractivity contribution is 5.91. The fraction of sp³-hybridized carbons (Fsp3) is 0.0625. The van der Waals surface area contributed by atoms with Crippen molar-refractivity contribution in [1.29, 1.82) is 0 Å². The lowest BCUT2D eigenvalue weighted by Gasteiger charge is -2.07. The number of nitrogens with zero attached hydrogens (tertiary/aromatic N) is 3. The molecule has 0 fully saturated rings. The average molecular weight is 340 g/mol. The van der Waals surface area contributed by atoms with Crippen LogP contribution in [0.5, 0.6) is 5.75 Å². The van der Waals surface area contributed by atoms with Crippen molar-refractivity contribution < 1.29 is 18.9 Å². The highest BCUT2D eigenvalue weighted by atomic mass is 16.6. The van der Waals surface area contributed by atoms with Gasteiger partial charge in [0.15, 0.2) is 6.61 Å². The van der Waals surface area contributed by atoms with Crippen molar-refractivity contribution in [3.63, 3.8) is 0 Å². The minimum absolute atomic E-state index is 0.0458. The van der Waals surface area contributed by atoms with E-state index < -0.39 is 4.92 Å². The number of anilines is 1. The van der Waals surface area contributed by atoms with E-state index in [-0.39, 0.29) is 18.2 Å². The monoisotopic (exact) mass is 340 g/mol. The van der Waals surface area contributed by atoms with E-state index in [0.717, 1.165) is 5.56 Å². The van der Waals surface area contributed by atoms with Crippen molar-refractivity contribution in [2.24, 2.45) is 0 Å². The lowest BCUT2D eigenvalue weighted by Crippen LogP contribution is -2.20. The third-order valence-electron chi connectivity index (χ3n) is 3.19. The Kier molecular flexibility index (Phi) is 4.65. The number of hydrogen-bond donors (Lipinski definition) is 1. The number of amides is 1. The number of rotatable bonds is 6. The van der Waals surface area contributed by atoms with Gasteiger partial charge >= 0.3 is 0 Å². The molecule has 3 aromatic rings. The first kappa shape index (κ1) is 16.1. The molecular weight excluding hydrogens is 328 g/mol. The molecule has 0 unspecified atom stereocenters. The van der Waals surface area contributed by atoms with Crippen LogP contribution in [0, 0.1) is 10.1 Å². The predicted molar refractivity (Wildman–Crippen MR) is 87.0 cm³/mol. The maximum atomic E-state index is 11.9. The van der Waals surface area contributed by atoms with E-state index in [1.165, 1.54) is 30.7 Å². The summed E-state index contributed by atoms with van der Waals surface area (Å²) in [7, 11) is 0. The van der Waals surface area contributed by atoms with Crippen molar-refractivity contribution in [2.75, 3.05) is 11.9 Å². The number of ether oxygens (including phenoxy) is 1. The Bertz CT molecular complexity index is 861. The quantitative estimate of drug-likeness (QED) is 0.541. The van der Waals surface area contributed by atoms with Gasteiger partial charge < -0.3 is 14.5 Å². The standard InChI is InChI=1S/C16H12N4O5/c21-15(18-12-3-5-13(6-4-12)20(22)23)9-24-14-7-1-11(2-8-14)16-19-17-10-25-16/h1-8,10H,9H2,(H,18,21). The van der Waals surface area contributed by atoms with Crippen LogP contribution in [0.4, 0.5) is 11.4 Å². The topological polar surface area (TPSA) is 120 Å². The summed E-state index contributed by atoms with van der Waals surface area (Å²) in [5.74, 6) is 0.513. The van der Waals surface area contributed by atoms with Crippen LogP contribution in [0.25, 0.3) is 11.5 Å². The highest BCUT2D eigenvalue weighted by Gasteiger charge is 2.08. The zero-order chi connectivity index (χ0) is 17.6. The van der Waals surface area contributed by atoms with Crippen LogP contribution in [-0.4, -0.2) is 27.6 Å².